The van der Waals surface area contributed by atoms with Crippen LogP contribution < -0.4 is 0 Å². The van der Waals surface area contributed by atoms with Crippen LogP contribution in [0.15, 0.2) is 47.4 Å². The van der Waals surface area contributed by atoms with Crippen molar-refractivity contribution in [1.29, 1.82) is 0 Å². The first-order chi connectivity index (χ1) is 11.1. The molecule has 2 atom stereocenters. The minimum atomic E-state index is -0.655. The summed E-state index contributed by atoms with van der Waals surface area (Å²) in [6.45, 7) is 2.37. The van der Waals surface area contributed by atoms with E-state index in [1.165, 1.54) is 22.8 Å². The van der Waals surface area contributed by atoms with Crippen LogP contribution in [0.4, 0.5) is 0 Å². The lowest BCUT2D eigenvalue weighted by molar-refractivity contribution is -0.144. The molecule has 0 spiro atoms. The lowest BCUT2D eigenvalue weighted by atomic mass is 9.84. The maximum atomic E-state index is 12.0. The topological polar surface area (TPSA) is 49.8 Å². The Balaban J connectivity index is 1.81. The second kappa shape index (κ2) is 6.95. The molecule has 0 unspecified atom stereocenters. The summed E-state index contributed by atoms with van der Waals surface area (Å²) in [6.07, 6.45) is 0.686. The first-order valence-electron chi connectivity index (χ1n) is 7.76. The van der Waals surface area contributed by atoms with Crippen LogP contribution in [0.3, 0.4) is 0 Å². The summed E-state index contributed by atoms with van der Waals surface area (Å²) in [7, 11) is 0.741. The zero-order valence-electron chi connectivity index (χ0n) is 13.3. The maximum Gasteiger partial charge on any atom is 0.377 e. The van der Waals surface area contributed by atoms with E-state index in [1.807, 2.05) is 16.9 Å². The molecule has 0 saturated carbocycles. The molecule has 2 aromatic carbocycles. The second-order valence-corrected chi connectivity index (χ2v) is 7.16. The van der Waals surface area contributed by atoms with Gasteiger partial charge < -0.3 is 14.6 Å². The number of nitrogens with zero attached hydrogens (tertiary/aromatic N) is 1. The van der Waals surface area contributed by atoms with E-state index in [9.17, 15) is 9.82 Å². The molecule has 0 aromatic heterocycles. The average molecular weight is 329 g/mol. The maximum absolute atomic E-state index is 12.0. The summed E-state index contributed by atoms with van der Waals surface area (Å²) in [4.78, 5) is 15.0. The molecule has 4 nitrogen and oxygen atoms in total. The van der Waals surface area contributed by atoms with Crippen LogP contribution >= 0.6 is 11.8 Å². The summed E-state index contributed by atoms with van der Waals surface area (Å²) in [5, 5.41) is 12.6. The Hall–Kier alpha value is -1.50. The summed E-state index contributed by atoms with van der Waals surface area (Å²) < 4.78 is 4.88. The average Bonchev–Trinajstić information content (AvgIpc) is 2.99. The van der Waals surface area contributed by atoms with Gasteiger partial charge >= 0.3 is 13.0 Å². The van der Waals surface area contributed by atoms with E-state index in [4.69, 9.17) is 4.74 Å². The number of benzene rings is 2. The molecule has 1 saturated heterocycles. The van der Waals surface area contributed by atoms with Crippen molar-refractivity contribution in [2.75, 3.05) is 13.7 Å². The molecule has 1 N–H and O–H groups in total. The van der Waals surface area contributed by atoms with Crippen LogP contribution in [0.25, 0.3) is 10.8 Å². The molecule has 1 fully saturated rings. The number of fused-ring (bicyclic) bond motifs is 1. The predicted octanol–water partition coefficient (Wildman–Crippen LogP) is 2.66. The molecular formula is C17H20BNO3S. The van der Waals surface area contributed by atoms with Crippen LogP contribution in [0, 0.1) is 0 Å². The largest absolute Gasteiger partial charge is 0.468 e. The van der Waals surface area contributed by atoms with Gasteiger partial charge in [0.1, 0.15) is 6.04 Å². The third-order valence-electron chi connectivity index (χ3n) is 4.30. The minimum Gasteiger partial charge on any atom is -0.468 e. The molecule has 1 heterocycles. The lowest BCUT2D eigenvalue weighted by Crippen LogP contribution is -2.45. The van der Waals surface area contributed by atoms with Crippen molar-refractivity contribution in [3.05, 3.63) is 42.5 Å². The molecule has 2 aromatic rings. The summed E-state index contributed by atoms with van der Waals surface area (Å²) in [6, 6.07) is 14.2. The van der Waals surface area contributed by atoms with Gasteiger partial charge in [-0.1, -0.05) is 36.4 Å². The monoisotopic (exact) mass is 329 g/mol. The number of carbonyl (C=O) groups is 1. The number of ether oxygens (including phenoxy) is 1. The molecule has 1 aliphatic rings. The molecule has 23 heavy (non-hydrogen) atoms. The van der Waals surface area contributed by atoms with Crippen molar-refractivity contribution in [3.8, 4) is 0 Å². The fourth-order valence-electron chi connectivity index (χ4n) is 3.17. The normalized spacial score (nSPS) is 21.5. The van der Waals surface area contributed by atoms with Crippen molar-refractivity contribution in [2.45, 2.75) is 29.4 Å². The number of hydrogen-bond acceptors (Lipinski definition) is 5. The van der Waals surface area contributed by atoms with Gasteiger partial charge in [-0.05, 0) is 30.1 Å². The SMILES string of the molecule is COC(=O)[C@@H]1C[C@@H](Sc2cccc3ccccc23)CN1B(C)O. The summed E-state index contributed by atoms with van der Waals surface area (Å²) in [5.41, 5.74) is 0. The van der Waals surface area contributed by atoms with E-state index >= 15 is 0 Å². The fraction of sp³-hybridized carbons (Fsp3) is 0.353. The van der Waals surface area contributed by atoms with E-state index in [1.54, 1.807) is 18.6 Å². The van der Waals surface area contributed by atoms with E-state index in [0.29, 0.717) is 13.0 Å². The van der Waals surface area contributed by atoms with Crippen molar-refractivity contribution >= 4 is 35.6 Å². The first-order valence-corrected chi connectivity index (χ1v) is 8.64. The molecule has 0 aliphatic carbocycles. The Labute approximate surface area is 140 Å². The zero-order chi connectivity index (χ0) is 16.4. The Morgan fingerprint density at radius 3 is 2.78 bits per heavy atom. The second-order valence-electron chi connectivity index (χ2n) is 5.82. The Morgan fingerprint density at radius 2 is 2.04 bits per heavy atom. The molecule has 6 heteroatoms. The Kier molecular flexibility index (Phi) is 4.94. The zero-order valence-corrected chi connectivity index (χ0v) is 14.1. The van der Waals surface area contributed by atoms with E-state index < -0.39 is 7.05 Å². The van der Waals surface area contributed by atoms with Gasteiger partial charge in [0, 0.05) is 16.7 Å². The van der Waals surface area contributed by atoms with Crippen molar-refractivity contribution in [3.63, 3.8) is 0 Å². The number of esters is 1. The number of hydrogen-bond donors (Lipinski definition) is 1. The highest BCUT2D eigenvalue weighted by Gasteiger charge is 2.41. The van der Waals surface area contributed by atoms with Crippen LogP contribution in [0.5, 0.6) is 0 Å². The molecule has 120 valence electrons. The highest BCUT2D eigenvalue weighted by molar-refractivity contribution is 8.00. The van der Waals surface area contributed by atoms with Gasteiger partial charge in [0.25, 0.3) is 0 Å². The van der Waals surface area contributed by atoms with Crippen LogP contribution in [-0.4, -0.2) is 47.8 Å². The van der Waals surface area contributed by atoms with Gasteiger partial charge in [-0.25, -0.2) is 0 Å². The van der Waals surface area contributed by atoms with Gasteiger partial charge in [0.15, 0.2) is 0 Å². The van der Waals surface area contributed by atoms with Crippen LogP contribution in [-0.2, 0) is 9.53 Å². The fourth-order valence-corrected chi connectivity index (χ4v) is 4.52. The number of methoxy groups -OCH3 is 1. The molecular weight excluding hydrogens is 309 g/mol. The number of thioether (sulfide) groups is 1. The lowest BCUT2D eigenvalue weighted by Gasteiger charge is -2.22. The van der Waals surface area contributed by atoms with E-state index in [-0.39, 0.29) is 17.3 Å². The van der Waals surface area contributed by atoms with Crippen molar-refractivity contribution in [2.24, 2.45) is 0 Å². The quantitative estimate of drug-likeness (QED) is 0.690. The standard InChI is InChI=1S/C17H20BNO3S/c1-18(21)19-11-13(10-15(19)17(20)22-2)23-16-9-5-7-12-6-3-4-8-14(12)16/h3-9,13,15,21H,10-11H2,1-2H3/t13-,15+/m1/s1. The van der Waals surface area contributed by atoms with Crippen molar-refractivity contribution < 1.29 is 14.6 Å². The molecule has 1 aliphatic heterocycles. The molecule has 0 bridgehead atoms. The van der Waals surface area contributed by atoms with E-state index in [2.05, 4.69) is 30.3 Å². The first kappa shape index (κ1) is 16.4. The van der Waals surface area contributed by atoms with Crippen LogP contribution in [0.1, 0.15) is 6.42 Å². The number of rotatable bonds is 4. The van der Waals surface area contributed by atoms with Gasteiger partial charge in [-0.2, -0.15) is 0 Å². The smallest absolute Gasteiger partial charge is 0.377 e. The molecule has 3 rings (SSSR count). The van der Waals surface area contributed by atoms with E-state index in [0.717, 1.165) is 0 Å². The summed E-state index contributed by atoms with van der Waals surface area (Å²) >= 11 is 1.77. The molecule has 0 amide bonds. The number of carbonyl (C=O) groups excluding carboxylic acids is 1. The summed E-state index contributed by atoms with van der Waals surface area (Å²) in [5.74, 6) is -0.271. The highest BCUT2D eigenvalue weighted by Crippen LogP contribution is 2.36. The highest BCUT2D eigenvalue weighted by atomic mass is 32.2. The Bertz CT molecular complexity index is 704. The molecule has 0 radical (unpaired) electrons. The Morgan fingerprint density at radius 1 is 1.30 bits per heavy atom. The third-order valence-corrected chi connectivity index (χ3v) is 5.58. The van der Waals surface area contributed by atoms with Gasteiger partial charge in [0.2, 0.25) is 0 Å². The van der Waals surface area contributed by atoms with Gasteiger partial charge in [0.05, 0.1) is 7.11 Å². The minimum absolute atomic E-state index is 0.250. The predicted molar refractivity (Wildman–Crippen MR) is 94.6 cm³/mol. The van der Waals surface area contributed by atoms with Crippen molar-refractivity contribution in [1.82, 2.24) is 4.81 Å². The van der Waals surface area contributed by atoms with Crippen LogP contribution in [0.2, 0.25) is 6.82 Å². The third kappa shape index (κ3) is 3.39. The van der Waals surface area contributed by atoms with Gasteiger partial charge in [-0.15, -0.1) is 11.8 Å². The van der Waals surface area contributed by atoms with Gasteiger partial charge in [-0.3, -0.25) is 4.79 Å².